The van der Waals surface area contributed by atoms with E-state index in [9.17, 15) is 4.79 Å². The molecule has 0 aromatic heterocycles. The van der Waals surface area contributed by atoms with Crippen molar-refractivity contribution in [2.75, 3.05) is 13.1 Å². The number of nitrogens with zero attached hydrogens (tertiary/aromatic N) is 1. The number of Topliss-reactive ketones (excluding diaryl/α,β-unsaturated/α-hetero) is 1. The molecule has 0 unspecified atom stereocenters. The fourth-order valence-corrected chi connectivity index (χ4v) is 3.96. The van der Waals surface area contributed by atoms with Crippen LogP contribution in [-0.2, 0) is 0 Å². The Kier molecular flexibility index (Phi) is 3.99. The summed E-state index contributed by atoms with van der Waals surface area (Å²) >= 11 is 0. The molecule has 0 N–H and O–H groups in total. The van der Waals surface area contributed by atoms with Gasteiger partial charge in [-0.25, -0.2) is 0 Å². The van der Waals surface area contributed by atoms with Crippen LogP contribution in [0.15, 0.2) is 35.9 Å². The second kappa shape index (κ2) is 5.76. The van der Waals surface area contributed by atoms with E-state index in [0.29, 0.717) is 17.7 Å². The fraction of sp³-hybridized carbons (Fsp3) is 0.526. The first-order valence-corrected chi connectivity index (χ1v) is 8.06. The molecule has 0 aliphatic carbocycles. The van der Waals surface area contributed by atoms with Gasteiger partial charge in [-0.05, 0) is 40.2 Å². The van der Waals surface area contributed by atoms with Crippen LogP contribution in [0, 0.1) is 18.8 Å². The average Bonchev–Trinajstić information content (AvgIpc) is 3.01. The maximum absolute atomic E-state index is 12.9. The van der Waals surface area contributed by atoms with Crippen LogP contribution >= 0.6 is 0 Å². The quantitative estimate of drug-likeness (QED) is 0.620. The van der Waals surface area contributed by atoms with Gasteiger partial charge >= 0.3 is 0 Å². The van der Waals surface area contributed by atoms with Crippen molar-refractivity contribution in [3.05, 3.63) is 47.0 Å². The lowest BCUT2D eigenvalue weighted by molar-refractivity contribution is 0.0906. The second-order valence-electron chi connectivity index (χ2n) is 6.86. The molecule has 2 fully saturated rings. The van der Waals surface area contributed by atoms with Gasteiger partial charge in [-0.1, -0.05) is 41.5 Å². The van der Waals surface area contributed by atoms with E-state index in [4.69, 9.17) is 0 Å². The lowest BCUT2D eigenvalue weighted by Gasteiger charge is -2.20. The standard InChI is InChI=1S/C19H25NO/c1-13(2)11-16-17(12-20-10-4-5-18(16)20)19(21)15-8-6-14(3)7-9-15/h6-9,11,16-18H,4-5,10,12H2,1-3H3/t16-,17+,18+/m0/s1. The van der Waals surface area contributed by atoms with E-state index in [0.717, 1.165) is 18.7 Å². The van der Waals surface area contributed by atoms with E-state index < -0.39 is 0 Å². The molecule has 0 saturated carbocycles. The van der Waals surface area contributed by atoms with Crippen LogP contribution in [-0.4, -0.2) is 29.8 Å². The molecule has 112 valence electrons. The molecule has 0 spiro atoms. The highest BCUT2D eigenvalue weighted by molar-refractivity contribution is 5.98. The number of aryl methyl sites for hydroxylation is 1. The van der Waals surface area contributed by atoms with Crippen LogP contribution in [0.25, 0.3) is 0 Å². The minimum atomic E-state index is 0.132. The fourth-order valence-electron chi connectivity index (χ4n) is 3.96. The van der Waals surface area contributed by atoms with E-state index in [1.54, 1.807) is 0 Å². The third-order valence-corrected chi connectivity index (χ3v) is 4.95. The number of benzene rings is 1. The van der Waals surface area contributed by atoms with Gasteiger partial charge < -0.3 is 0 Å². The summed E-state index contributed by atoms with van der Waals surface area (Å²) in [6, 6.07) is 8.64. The van der Waals surface area contributed by atoms with Gasteiger partial charge in [0.25, 0.3) is 0 Å². The molecule has 0 radical (unpaired) electrons. The Balaban J connectivity index is 1.87. The largest absolute Gasteiger partial charge is 0.299 e. The summed E-state index contributed by atoms with van der Waals surface area (Å²) < 4.78 is 0. The Labute approximate surface area is 127 Å². The van der Waals surface area contributed by atoms with E-state index in [1.165, 1.54) is 24.0 Å². The van der Waals surface area contributed by atoms with Crippen molar-refractivity contribution in [2.24, 2.45) is 11.8 Å². The smallest absolute Gasteiger partial charge is 0.167 e. The van der Waals surface area contributed by atoms with Gasteiger partial charge in [0.1, 0.15) is 0 Å². The van der Waals surface area contributed by atoms with Gasteiger partial charge in [0.05, 0.1) is 0 Å². The van der Waals surface area contributed by atoms with Gasteiger partial charge in [0, 0.05) is 30.0 Å². The van der Waals surface area contributed by atoms with E-state index >= 15 is 0 Å². The molecular weight excluding hydrogens is 258 g/mol. The Hall–Kier alpha value is -1.41. The molecule has 2 aliphatic rings. The maximum Gasteiger partial charge on any atom is 0.167 e. The lowest BCUT2D eigenvalue weighted by atomic mass is 9.83. The molecule has 0 amide bonds. The van der Waals surface area contributed by atoms with Gasteiger partial charge in [0.15, 0.2) is 5.78 Å². The maximum atomic E-state index is 12.9. The Bertz CT molecular complexity index is 553. The summed E-state index contributed by atoms with van der Waals surface area (Å²) in [6.45, 7) is 8.45. The number of fused-ring (bicyclic) bond motifs is 1. The first-order chi connectivity index (χ1) is 10.1. The number of allylic oxidation sites excluding steroid dienone is 1. The summed E-state index contributed by atoms with van der Waals surface area (Å²) in [6.07, 6.45) is 4.86. The minimum absolute atomic E-state index is 0.132. The Morgan fingerprint density at radius 2 is 1.95 bits per heavy atom. The third-order valence-electron chi connectivity index (χ3n) is 4.95. The van der Waals surface area contributed by atoms with E-state index in [1.807, 2.05) is 24.3 Å². The molecule has 2 nitrogen and oxygen atoms in total. The molecule has 2 aliphatic heterocycles. The lowest BCUT2D eigenvalue weighted by Crippen LogP contribution is -2.25. The zero-order valence-electron chi connectivity index (χ0n) is 13.3. The van der Waals surface area contributed by atoms with Crippen molar-refractivity contribution >= 4 is 5.78 Å². The number of carbonyl (C=O) groups is 1. The van der Waals surface area contributed by atoms with Crippen LogP contribution in [0.1, 0.15) is 42.6 Å². The summed E-state index contributed by atoms with van der Waals surface area (Å²) in [4.78, 5) is 15.5. The van der Waals surface area contributed by atoms with E-state index in [-0.39, 0.29) is 5.92 Å². The first kappa shape index (κ1) is 14.5. The topological polar surface area (TPSA) is 20.3 Å². The van der Waals surface area contributed by atoms with Crippen LogP contribution in [0.4, 0.5) is 0 Å². The highest BCUT2D eigenvalue weighted by Gasteiger charge is 2.45. The average molecular weight is 283 g/mol. The molecule has 0 bridgehead atoms. The number of hydrogen-bond acceptors (Lipinski definition) is 2. The molecule has 1 aromatic carbocycles. The minimum Gasteiger partial charge on any atom is -0.299 e. The predicted molar refractivity (Wildman–Crippen MR) is 86.5 cm³/mol. The van der Waals surface area contributed by atoms with Crippen LogP contribution < -0.4 is 0 Å². The molecule has 21 heavy (non-hydrogen) atoms. The first-order valence-electron chi connectivity index (χ1n) is 8.06. The van der Waals surface area contributed by atoms with Crippen molar-refractivity contribution in [1.29, 1.82) is 0 Å². The number of ketones is 1. The summed E-state index contributed by atoms with van der Waals surface area (Å²) in [5.74, 6) is 0.853. The predicted octanol–water partition coefficient (Wildman–Crippen LogP) is 3.85. The van der Waals surface area contributed by atoms with Crippen molar-refractivity contribution in [3.8, 4) is 0 Å². The third kappa shape index (κ3) is 2.82. The monoisotopic (exact) mass is 283 g/mol. The molecule has 2 saturated heterocycles. The second-order valence-corrected chi connectivity index (χ2v) is 6.86. The Morgan fingerprint density at radius 1 is 1.24 bits per heavy atom. The zero-order valence-corrected chi connectivity index (χ0v) is 13.3. The van der Waals surface area contributed by atoms with Crippen LogP contribution in [0.5, 0.6) is 0 Å². The molecule has 3 rings (SSSR count). The number of carbonyl (C=O) groups excluding carboxylic acids is 1. The number of rotatable bonds is 3. The molecular formula is C19H25NO. The van der Waals surface area contributed by atoms with Gasteiger partial charge in [-0.15, -0.1) is 0 Å². The number of hydrogen-bond donors (Lipinski definition) is 0. The van der Waals surface area contributed by atoms with Crippen molar-refractivity contribution in [1.82, 2.24) is 4.90 Å². The van der Waals surface area contributed by atoms with Gasteiger partial charge in [-0.3, -0.25) is 9.69 Å². The van der Waals surface area contributed by atoms with Crippen molar-refractivity contribution in [2.45, 2.75) is 39.7 Å². The zero-order chi connectivity index (χ0) is 15.0. The van der Waals surface area contributed by atoms with Gasteiger partial charge in [-0.2, -0.15) is 0 Å². The van der Waals surface area contributed by atoms with Crippen LogP contribution in [0.2, 0.25) is 0 Å². The normalized spacial score (nSPS) is 28.4. The van der Waals surface area contributed by atoms with E-state index in [2.05, 4.69) is 31.7 Å². The Morgan fingerprint density at radius 3 is 2.62 bits per heavy atom. The van der Waals surface area contributed by atoms with Crippen molar-refractivity contribution in [3.63, 3.8) is 0 Å². The molecule has 1 aromatic rings. The molecule has 3 atom stereocenters. The van der Waals surface area contributed by atoms with Crippen LogP contribution in [0.3, 0.4) is 0 Å². The highest BCUT2D eigenvalue weighted by Crippen LogP contribution is 2.39. The molecule has 2 heteroatoms. The van der Waals surface area contributed by atoms with Crippen molar-refractivity contribution < 1.29 is 4.79 Å². The highest BCUT2D eigenvalue weighted by atomic mass is 16.1. The van der Waals surface area contributed by atoms with Gasteiger partial charge in [0.2, 0.25) is 0 Å². The molecule has 2 heterocycles. The SMILES string of the molecule is CC(C)=C[C@@H]1[C@H]2CCCN2C[C@H]1C(=O)c1ccc(C)cc1. The summed E-state index contributed by atoms with van der Waals surface area (Å²) in [5, 5.41) is 0. The summed E-state index contributed by atoms with van der Waals surface area (Å²) in [7, 11) is 0. The summed E-state index contributed by atoms with van der Waals surface area (Å²) in [5.41, 5.74) is 3.41.